The maximum absolute atomic E-state index is 8.02. The molecule has 0 radical (unpaired) electrons. The van der Waals surface area contributed by atoms with E-state index in [0.29, 0.717) is 0 Å². The quantitative estimate of drug-likeness (QED) is 0.235. The van der Waals surface area contributed by atoms with Crippen LogP contribution in [0, 0.1) is 0 Å². The maximum Gasteiger partial charge on any atom is 0.135 e. The van der Waals surface area contributed by atoms with Gasteiger partial charge in [-0.05, 0) is 52.2 Å². The van der Waals surface area contributed by atoms with E-state index >= 15 is 0 Å². The minimum atomic E-state index is 0.245. The van der Waals surface area contributed by atoms with Crippen molar-refractivity contribution >= 4 is 54.5 Å². The molecule has 0 unspecified atom stereocenters. The van der Waals surface area contributed by atoms with Gasteiger partial charge in [0.15, 0.2) is 0 Å². The van der Waals surface area contributed by atoms with Gasteiger partial charge in [0, 0.05) is 33.3 Å². The second-order valence-corrected chi connectivity index (χ2v) is 9.36. The van der Waals surface area contributed by atoms with Crippen molar-refractivity contribution in [3.8, 4) is 22.4 Å². The molecule has 0 saturated carbocycles. The van der Waals surface area contributed by atoms with Gasteiger partial charge >= 0.3 is 0 Å². The Balaban J connectivity index is 1.34. The highest BCUT2D eigenvalue weighted by molar-refractivity contribution is 6.10. The highest BCUT2D eigenvalue weighted by atomic mass is 16.3. The molecule has 172 valence electrons. The molecule has 0 aliphatic heterocycles. The number of aromatic nitrogens is 2. The lowest BCUT2D eigenvalue weighted by molar-refractivity contribution is 0.669. The molecule has 0 fully saturated rings. The minimum Gasteiger partial charge on any atom is -0.456 e. The van der Waals surface area contributed by atoms with Gasteiger partial charge in [-0.1, -0.05) is 84.9 Å². The number of nitrogens with zero attached hydrogens (tertiary/aromatic N) is 2. The molecule has 3 heteroatoms. The Morgan fingerprint density at radius 1 is 0.541 bits per heavy atom. The third-order valence-electron chi connectivity index (χ3n) is 7.27. The molecule has 0 saturated heterocycles. The fourth-order valence-corrected chi connectivity index (χ4v) is 5.49. The molecule has 0 spiro atoms. The monoisotopic (exact) mass is 473 g/mol. The van der Waals surface area contributed by atoms with Gasteiger partial charge in [-0.2, -0.15) is 0 Å². The summed E-state index contributed by atoms with van der Waals surface area (Å²) < 4.78 is 14.1. The largest absolute Gasteiger partial charge is 0.456 e. The summed E-state index contributed by atoms with van der Waals surface area (Å²) in [7, 11) is 0. The van der Waals surface area contributed by atoms with Crippen LogP contribution < -0.4 is 0 Å². The van der Waals surface area contributed by atoms with Crippen molar-refractivity contribution in [3.63, 3.8) is 0 Å². The SMILES string of the molecule is [2H]c1ccc2ccc3ccc(-c4ccc(-c5ccc6oc7ccccc7c6c5)c5ccccc45)nc3c2n1. The van der Waals surface area contributed by atoms with Gasteiger partial charge in [-0.3, -0.25) is 4.98 Å². The normalized spacial score (nSPS) is 12.2. The first kappa shape index (κ1) is 19.2. The number of benzene rings is 5. The number of hydrogen-bond donors (Lipinski definition) is 0. The van der Waals surface area contributed by atoms with Crippen LogP contribution in [0.5, 0.6) is 0 Å². The van der Waals surface area contributed by atoms with Crippen molar-refractivity contribution in [2.45, 2.75) is 0 Å². The van der Waals surface area contributed by atoms with Crippen LogP contribution in [0.25, 0.3) is 76.9 Å². The van der Waals surface area contributed by atoms with Crippen molar-refractivity contribution in [2.75, 3.05) is 0 Å². The van der Waals surface area contributed by atoms with Gasteiger partial charge < -0.3 is 4.42 Å². The van der Waals surface area contributed by atoms with Gasteiger partial charge in [-0.25, -0.2) is 4.98 Å². The molecular formula is C34H20N2O. The first-order valence-electron chi connectivity index (χ1n) is 12.8. The van der Waals surface area contributed by atoms with Crippen molar-refractivity contribution in [1.29, 1.82) is 0 Å². The van der Waals surface area contributed by atoms with E-state index in [1.165, 1.54) is 10.9 Å². The molecule has 3 aromatic heterocycles. The van der Waals surface area contributed by atoms with Gasteiger partial charge in [0.05, 0.1) is 18.1 Å². The van der Waals surface area contributed by atoms with Crippen LogP contribution in [0.3, 0.4) is 0 Å². The Hall–Kier alpha value is -5.02. The molecule has 8 aromatic rings. The van der Waals surface area contributed by atoms with Crippen molar-refractivity contribution in [1.82, 2.24) is 9.97 Å². The van der Waals surface area contributed by atoms with Gasteiger partial charge in [0.25, 0.3) is 0 Å². The zero-order valence-corrected chi connectivity index (χ0v) is 19.8. The number of hydrogen-bond acceptors (Lipinski definition) is 3. The second kappa shape index (κ2) is 7.74. The first-order chi connectivity index (χ1) is 18.7. The van der Waals surface area contributed by atoms with E-state index in [1.807, 2.05) is 30.3 Å². The summed E-state index contributed by atoms with van der Waals surface area (Å²) in [6, 6.07) is 39.4. The molecule has 0 N–H and O–H groups in total. The molecule has 0 amide bonds. The van der Waals surface area contributed by atoms with Crippen LogP contribution in [-0.2, 0) is 0 Å². The molecule has 5 aromatic carbocycles. The van der Waals surface area contributed by atoms with Gasteiger partial charge in [0.1, 0.15) is 11.2 Å². The fourth-order valence-electron chi connectivity index (χ4n) is 5.49. The molecule has 37 heavy (non-hydrogen) atoms. The highest BCUT2D eigenvalue weighted by Crippen LogP contribution is 2.38. The topological polar surface area (TPSA) is 38.9 Å². The van der Waals surface area contributed by atoms with Crippen LogP contribution in [0.1, 0.15) is 1.37 Å². The zero-order chi connectivity index (χ0) is 25.2. The lowest BCUT2D eigenvalue weighted by Crippen LogP contribution is -1.91. The summed E-state index contributed by atoms with van der Waals surface area (Å²) in [4.78, 5) is 9.57. The minimum absolute atomic E-state index is 0.245. The molecule has 3 heterocycles. The first-order valence-corrected chi connectivity index (χ1v) is 12.3. The summed E-state index contributed by atoms with van der Waals surface area (Å²) in [6.07, 6.45) is 0.245. The molecule has 3 nitrogen and oxygen atoms in total. The van der Waals surface area contributed by atoms with E-state index in [0.717, 1.165) is 66.0 Å². The third kappa shape index (κ3) is 3.08. The predicted octanol–water partition coefficient (Wildman–Crippen LogP) is 9.17. The number of fused-ring (bicyclic) bond motifs is 7. The molecule has 0 atom stereocenters. The highest BCUT2D eigenvalue weighted by Gasteiger charge is 2.14. The van der Waals surface area contributed by atoms with Crippen LogP contribution in [0.2, 0.25) is 0 Å². The fraction of sp³-hybridized carbons (Fsp3) is 0. The van der Waals surface area contributed by atoms with Gasteiger partial charge in [-0.15, -0.1) is 0 Å². The predicted molar refractivity (Wildman–Crippen MR) is 153 cm³/mol. The van der Waals surface area contributed by atoms with E-state index in [4.69, 9.17) is 10.8 Å². The average molecular weight is 474 g/mol. The van der Waals surface area contributed by atoms with E-state index in [2.05, 4.69) is 83.8 Å². The van der Waals surface area contributed by atoms with E-state index in [-0.39, 0.29) is 6.17 Å². The number of pyridine rings is 2. The van der Waals surface area contributed by atoms with Crippen LogP contribution in [0.4, 0.5) is 0 Å². The lowest BCUT2D eigenvalue weighted by Gasteiger charge is -2.13. The number of para-hydroxylation sites is 1. The summed E-state index contributed by atoms with van der Waals surface area (Å²) in [6.45, 7) is 0. The molecular weight excluding hydrogens is 452 g/mol. The molecule has 0 bridgehead atoms. The van der Waals surface area contributed by atoms with Crippen LogP contribution >= 0.6 is 0 Å². The molecule has 0 aliphatic rings. The Kier molecular flexibility index (Phi) is 4.02. The maximum atomic E-state index is 8.02. The van der Waals surface area contributed by atoms with Crippen molar-refractivity contribution in [2.24, 2.45) is 0 Å². The number of rotatable bonds is 2. The molecule has 8 rings (SSSR count). The van der Waals surface area contributed by atoms with Crippen LogP contribution in [-0.4, -0.2) is 9.97 Å². The Bertz CT molecular complexity index is 2210. The van der Waals surface area contributed by atoms with E-state index < -0.39 is 0 Å². The second-order valence-electron chi connectivity index (χ2n) is 9.36. The smallest absolute Gasteiger partial charge is 0.135 e. The van der Waals surface area contributed by atoms with Crippen molar-refractivity contribution < 1.29 is 5.79 Å². The van der Waals surface area contributed by atoms with Crippen LogP contribution in [0.15, 0.2) is 126 Å². The Morgan fingerprint density at radius 2 is 1.24 bits per heavy atom. The van der Waals surface area contributed by atoms with Gasteiger partial charge in [0.2, 0.25) is 0 Å². The summed E-state index contributed by atoms with van der Waals surface area (Å²) in [5.74, 6) is 0. The summed E-state index contributed by atoms with van der Waals surface area (Å²) in [5, 5.41) is 6.56. The average Bonchev–Trinajstić information content (AvgIpc) is 3.34. The Morgan fingerprint density at radius 3 is 2.14 bits per heavy atom. The standard InChI is InChI=1S/C34H20N2O/c1-2-8-26-25(7-1)24(23-14-18-32-29(20-23)28-9-3-4-10-31(28)37-32)15-16-27(26)30-17-13-22-12-11-21-6-5-19-35-33(21)34(22)36-30/h1-20H/i19D. The number of furan rings is 1. The van der Waals surface area contributed by atoms with E-state index in [9.17, 15) is 0 Å². The lowest BCUT2D eigenvalue weighted by atomic mass is 9.93. The Labute approximate surface area is 214 Å². The third-order valence-corrected chi connectivity index (χ3v) is 7.27. The molecule has 0 aliphatic carbocycles. The zero-order valence-electron chi connectivity index (χ0n) is 20.8. The summed E-state index contributed by atoms with van der Waals surface area (Å²) >= 11 is 0. The summed E-state index contributed by atoms with van der Waals surface area (Å²) in [5.41, 5.74) is 7.66. The van der Waals surface area contributed by atoms with E-state index in [1.54, 1.807) is 6.07 Å². The van der Waals surface area contributed by atoms with Crippen molar-refractivity contribution in [3.05, 3.63) is 121 Å².